The van der Waals surface area contributed by atoms with Gasteiger partial charge in [-0.1, -0.05) is 6.07 Å². The number of aryl methyl sites for hydroxylation is 1. The van der Waals surface area contributed by atoms with Gasteiger partial charge in [0.15, 0.2) is 17.5 Å². The second kappa shape index (κ2) is 8.37. The summed E-state index contributed by atoms with van der Waals surface area (Å²) < 4.78 is 10.7. The molecule has 132 valence electrons. The molecule has 0 saturated heterocycles. The van der Waals surface area contributed by atoms with Crippen LogP contribution in [-0.4, -0.2) is 30.8 Å². The van der Waals surface area contributed by atoms with E-state index in [1.165, 1.54) is 11.1 Å². The van der Waals surface area contributed by atoms with E-state index in [0.29, 0.717) is 13.3 Å². The molecule has 2 aromatic rings. The van der Waals surface area contributed by atoms with E-state index in [9.17, 15) is 0 Å². The highest BCUT2D eigenvalue weighted by Crippen LogP contribution is 2.32. The van der Waals surface area contributed by atoms with E-state index in [1.54, 1.807) is 0 Å². The lowest BCUT2D eigenvalue weighted by molar-refractivity contribution is 0.174. The largest absolute Gasteiger partial charge is 0.454 e. The molecule has 0 fully saturated rings. The number of aromatic nitrogens is 1. The maximum Gasteiger partial charge on any atom is 0.231 e. The third-order valence-corrected chi connectivity index (χ3v) is 4.02. The van der Waals surface area contributed by atoms with Crippen LogP contribution in [0.1, 0.15) is 23.6 Å². The number of nitrogens with zero attached hydrogens (tertiary/aromatic N) is 2. The summed E-state index contributed by atoms with van der Waals surface area (Å²) in [7, 11) is 0. The van der Waals surface area contributed by atoms with Crippen molar-refractivity contribution in [3.63, 3.8) is 0 Å². The summed E-state index contributed by atoms with van der Waals surface area (Å²) in [6.45, 7) is 6.66. The topological polar surface area (TPSA) is 67.8 Å². The van der Waals surface area contributed by atoms with Crippen LogP contribution in [0.4, 0.5) is 0 Å². The standard InChI is InChI=1S/C19H24N4O2/c1-3-21-19(22-9-7-16-6-8-20-11-14(16)2)23-12-15-4-5-17-18(10-15)25-13-24-17/h4-6,8,10-11H,3,7,9,12-13H2,1-2H3,(H2,21,22,23). The smallest absolute Gasteiger partial charge is 0.231 e. The van der Waals surface area contributed by atoms with Crippen molar-refractivity contribution in [1.82, 2.24) is 15.6 Å². The maximum absolute atomic E-state index is 5.41. The first-order valence-corrected chi connectivity index (χ1v) is 8.56. The number of hydrogen-bond acceptors (Lipinski definition) is 4. The van der Waals surface area contributed by atoms with Gasteiger partial charge in [0.05, 0.1) is 6.54 Å². The van der Waals surface area contributed by atoms with Crippen LogP contribution in [0.3, 0.4) is 0 Å². The molecule has 1 aromatic heterocycles. The molecule has 25 heavy (non-hydrogen) atoms. The molecule has 0 bridgehead atoms. The molecule has 6 heteroatoms. The predicted molar refractivity (Wildman–Crippen MR) is 98.1 cm³/mol. The third-order valence-electron chi connectivity index (χ3n) is 4.02. The fraction of sp³-hybridized carbons (Fsp3) is 0.368. The van der Waals surface area contributed by atoms with Crippen LogP contribution in [-0.2, 0) is 13.0 Å². The van der Waals surface area contributed by atoms with Crippen molar-refractivity contribution in [1.29, 1.82) is 0 Å². The van der Waals surface area contributed by atoms with Gasteiger partial charge in [0.25, 0.3) is 0 Å². The lowest BCUT2D eigenvalue weighted by atomic mass is 10.1. The van der Waals surface area contributed by atoms with Crippen LogP contribution in [0, 0.1) is 6.92 Å². The van der Waals surface area contributed by atoms with E-state index in [2.05, 4.69) is 40.5 Å². The van der Waals surface area contributed by atoms with Gasteiger partial charge < -0.3 is 20.1 Å². The number of guanidine groups is 1. The van der Waals surface area contributed by atoms with E-state index in [4.69, 9.17) is 9.47 Å². The van der Waals surface area contributed by atoms with Crippen LogP contribution >= 0.6 is 0 Å². The van der Waals surface area contributed by atoms with Crippen molar-refractivity contribution in [2.45, 2.75) is 26.8 Å². The Kier molecular flexibility index (Phi) is 5.72. The Morgan fingerprint density at radius 3 is 2.92 bits per heavy atom. The van der Waals surface area contributed by atoms with Crippen LogP contribution in [0.2, 0.25) is 0 Å². The minimum atomic E-state index is 0.292. The summed E-state index contributed by atoms with van der Waals surface area (Å²) in [6, 6.07) is 7.99. The summed E-state index contributed by atoms with van der Waals surface area (Å²) >= 11 is 0. The molecule has 0 atom stereocenters. The van der Waals surface area contributed by atoms with Crippen molar-refractivity contribution < 1.29 is 9.47 Å². The van der Waals surface area contributed by atoms with Crippen molar-refractivity contribution in [3.05, 3.63) is 53.3 Å². The van der Waals surface area contributed by atoms with Crippen LogP contribution in [0.5, 0.6) is 11.5 Å². The van der Waals surface area contributed by atoms with Crippen LogP contribution in [0.25, 0.3) is 0 Å². The number of nitrogens with one attached hydrogen (secondary N) is 2. The van der Waals surface area contributed by atoms with E-state index in [1.807, 2.05) is 30.6 Å². The lowest BCUT2D eigenvalue weighted by Gasteiger charge is -2.12. The number of rotatable bonds is 6. The third kappa shape index (κ3) is 4.62. The highest BCUT2D eigenvalue weighted by atomic mass is 16.7. The number of ether oxygens (including phenoxy) is 2. The minimum Gasteiger partial charge on any atom is -0.454 e. The normalized spacial score (nSPS) is 13.0. The number of hydrogen-bond donors (Lipinski definition) is 2. The summed E-state index contributed by atoms with van der Waals surface area (Å²) in [6.07, 6.45) is 4.66. The SMILES string of the molecule is CCNC(=NCc1ccc2c(c1)OCO2)NCCc1ccncc1C. The second-order valence-electron chi connectivity index (χ2n) is 5.86. The van der Waals surface area contributed by atoms with E-state index in [0.717, 1.165) is 42.5 Å². The molecular weight excluding hydrogens is 316 g/mol. The highest BCUT2D eigenvalue weighted by molar-refractivity contribution is 5.79. The van der Waals surface area contributed by atoms with E-state index in [-0.39, 0.29) is 0 Å². The summed E-state index contributed by atoms with van der Waals surface area (Å²) in [5, 5.41) is 6.66. The van der Waals surface area contributed by atoms with Gasteiger partial charge in [0.2, 0.25) is 6.79 Å². The fourth-order valence-corrected chi connectivity index (χ4v) is 2.65. The molecule has 2 N–H and O–H groups in total. The summed E-state index contributed by atoms with van der Waals surface area (Å²) in [5.41, 5.74) is 3.60. The van der Waals surface area contributed by atoms with Gasteiger partial charge in [0, 0.05) is 25.5 Å². The summed E-state index contributed by atoms with van der Waals surface area (Å²) in [4.78, 5) is 8.78. The first kappa shape index (κ1) is 17.1. The zero-order valence-electron chi connectivity index (χ0n) is 14.7. The molecule has 1 aliphatic rings. The van der Waals surface area contributed by atoms with Crippen molar-refractivity contribution in [3.8, 4) is 11.5 Å². The molecule has 3 rings (SSSR count). The van der Waals surface area contributed by atoms with E-state index >= 15 is 0 Å². The quantitative estimate of drug-likeness (QED) is 0.624. The zero-order chi connectivity index (χ0) is 17.5. The Labute approximate surface area is 148 Å². The Morgan fingerprint density at radius 1 is 1.20 bits per heavy atom. The first-order valence-electron chi connectivity index (χ1n) is 8.56. The number of benzene rings is 1. The molecule has 0 radical (unpaired) electrons. The van der Waals surface area contributed by atoms with Gasteiger partial charge >= 0.3 is 0 Å². The van der Waals surface area contributed by atoms with E-state index < -0.39 is 0 Å². The average Bonchev–Trinajstić information content (AvgIpc) is 3.09. The first-order chi connectivity index (χ1) is 12.3. The molecule has 2 heterocycles. The van der Waals surface area contributed by atoms with Crippen LogP contribution in [0.15, 0.2) is 41.7 Å². The number of aliphatic imine (C=N–C) groups is 1. The monoisotopic (exact) mass is 340 g/mol. The molecular formula is C19H24N4O2. The molecule has 0 unspecified atom stereocenters. The van der Waals surface area contributed by atoms with Gasteiger partial charge in [-0.15, -0.1) is 0 Å². The lowest BCUT2D eigenvalue weighted by Crippen LogP contribution is -2.38. The Bertz CT molecular complexity index is 746. The molecule has 0 saturated carbocycles. The predicted octanol–water partition coefficient (Wildman–Crippen LogP) is 2.42. The van der Waals surface area contributed by atoms with Crippen molar-refractivity contribution in [2.75, 3.05) is 19.9 Å². The molecule has 0 spiro atoms. The van der Waals surface area contributed by atoms with Crippen molar-refractivity contribution >= 4 is 5.96 Å². The Morgan fingerprint density at radius 2 is 2.08 bits per heavy atom. The van der Waals surface area contributed by atoms with Crippen LogP contribution < -0.4 is 20.1 Å². The molecule has 1 aromatic carbocycles. The number of pyridine rings is 1. The Balaban J connectivity index is 1.56. The average molecular weight is 340 g/mol. The fourth-order valence-electron chi connectivity index (χ4n) is 2.65. The minimum absolute atomic E-state index is 0.292. The Hall–Kier alpha value is -2.76. The number of fused-ring (bicyclic) bond motifs is 1. The second-order valence-corrected chi connectivity index (χ2v) is 5.86. The molecule has 0 amide bonds. The summed E-state index contributed by atoms with van der Waals surface area (Å²) in [5.74, 6) is 2.40. The molecule has 1 aliphatic heterocycles. The highest BCUT2D eigenvalue weighted by Gasteiger charge is 2.12. The maximum atomic E-state index is 5.41. The van der Waals surface area contributed by atoms with Gasteiger partial charge in [-0.05, 0) is 55.2 Å². The zero-order valence-corrected chi connectivity index (χ0v) is 14.7. The van der Waals surface area contributed by atoms with Gasteiger partial charge in [-0.25, -0.2) is 4.99 Å². The van der Waals surface area contributed by atoms with Gasteiger partial charge in [-0.2, -0.15) is 0 Å². The van der Waals surface area contributed by atoms with Gasteiger partial charge in [-0.3, -0.25) is 4.98 Å². The van der Waals surface area contributed by atoms with Crippen molar-refractivity contribution in [2.24, 2.45) is 4.99 Å². The molecule has 6 nitrogen and oxygen atoms in total. The van der Waals surface area contributed by atoms with Gasteiger partial charge in [0.1, 0.15) is 0 Å². The molecule has 0 aliphatic carbocycles.